The van der Waals surface area contributed by atoms with E-state index < -0.39 is 10.2 Å². The average molecular weight is 384 g/mol. The third-order valence-corrected chi connectivity index (χ3v) is 7.72. The molecule has 0 bridgehead atoms. The van der Waals surface area contributed by atoms with E-state index in [4.69, 9.17) is 0 Å². The highest BCUT2D eigenvalue weighted by atomic mass is 32.2. The second-order valence-corrected chi connectivity index (χ2v) is 8.89. The van der Waals surface area contributed by atoms with Crippen molar-refractivity contribution >= 4 is 28.9 Å². The normalized spacial score (nSPS) is 25.5. The fourth-order valence-electron chi connectivity index (χ4n) is 4.61. The summed E-state index contributed by atoms with van der Waals surface area (Å²) in [6, 6.07) is 28.8. The lowest BCUT2D eigenvalue weighted by atomic mass is 9.82. The number of anilines is 1. The molecule has 3 heteroatoms. The molecule has 3 aromatic carbocycles. The molecule has 1 spiro atoms. The Bertz CT molecular complexity index is 1080. The lowest BCUT2D eigenvalue weighted by Gasteiger charge is -2.35. The Labute approximate surface area is 169 Å². The monoisotopic (exact) mass is 383 g/mol. The molecule has 1 heterocycles. The van der Waals surface area contributed by atoms with Crippen LogP contribution in [-0.2, 0) is 10.2 Å². The lowest BCUT2D eigenvalue weighted by molar-refractivity contribution is -0.118. The van der Waals surface area contributed by atoms with Crippen molar-refractivity contribution in [3.8, 4) is 0 Å². The van der Waals surface area contributed by atoms with Crippen LogP contribution in [0.4, 0.5) is 5.69 Å². The van der Waals surface area contributed by atoms with E-state index in [1.807, 2.05) is 54.4 Å². The van der Waals surface area contributed by atoms with E-state index in [0.717, 1.165) is 33.7 Å². The SMILES string of the molecule is C=C(c1ccccc1)C1(c2ccccc2)CC12Sc1ccccc1N(C)C2=O. The molecule has 2 nitrogen and oxygen atoms in total. The molecule has 0 aromatic heterocycles. The van der Waals surface area contributed by atoms with E-state index in [9.17, 15) is 4.79 Å². The van der Waals surface area contributed by atoms with Crippen LogP contribution in [0, 0.1) is 0 Å². The van der Waals surface area contributed by atoms with Gasteiger partial charge in [-0.1, -0.05) is 79.4 Å². The summed E-state index contributed by atoms with van der Waals surface area (Å²) < 4.78 is -0.551. The highest BCUT2D eigenvalue weighted by molar-refractivity contribution is 8.02. The van der Waals surface area contributed by atoms with E-state index in [2.05, 4.69) is 49.0 Å². The van der Waals surface area contributed by atoms with Gasteiger partial charge in [-0.25, -0.2) is 0 Å². The number of hydrogen-bond acceptors (Lipinski definition) is 2. The minimum atomic E-state index is -0.551. The fourth-order valence-corrected chi connectivity index (χ4v) is 6.37. The maximum absolute atomic E-state index is 13.7. The number of rotatable bonds is 3. The molecule has 0 N–H and O–H groups in total. The number of allylic oxidation sites excluding steroid dienone is 1. The van der Waals surface area contributed by atoms with Gasteiger partial charge in [-0.3, -0.25) is 4.79 Å². The van der Waals surface area contributed by atoms with Gasteiger partial charge in [0.1, 0.15) is 4.75 Å². The van der Waals surface area contributed by atoms with E-state index in [-0.39, 0.29) is 5.91 Å². The van der Waals surface area contributed by atoms with Gasteiger partial charge < -0.3 is 4.90 Å². The van der Waals surface area contributed by atoms with Gasteiger partial charge in [0.25, 0.3) is 0 Å². The summed E-state index contributed by atoms with van der Waals surface area (Å²) in [4.78, 5) is 16.6. The quantitative estimate of drug-likeness (QED) is 0.591. The largest absolute Gasteiger partial charge is 0.313 e. The summed E-state index contributed by atoms with van der Waals surface area (Å²) in [6.45, 7) is 4.52. The number of para-hydroxylation sites is 1. The van der Waals surface area contributed by atoms with Gasteiger partial charge >= 0.3 is 0 Å². The Morgan fingerprint density at radius 3 is 2.25 bits per heavy atom. The van der Waals surface area contributed by atoms with Crippen molar-refractivity contribution in [3.05, 3.63) is 103 Å². The predicted molar refractivity (Wildman–Crippen MR) is 117 cm³/mol. The molecule has 1 aliphatic heterocycles. The Kier molecular flexibility index (Phi) is 3.78. The third kappa shape index (κ3) is 2.20. The standard InChI is InChI=1S/C25H21NOS/c1-18(19-11-5-3-6-12-19)24(20-13-7-4-8-14-20)17-25(24)23(27)26(2)21-15-9-10-16-22(21)28-25/h3-16H,1,17H2,2H3. The molecule has 3 aromatic rings. The molecule has 2 aliphatic rings. The topological polar surface area (TPSA) is 20.3 Å². The van der Waals surface area contributed by atoms with Crippen LogP contribution in [0.1, 0.15) is 17.5 Å². The molecule has 0 radical (unpaired) electrons. The Morgan fingerprint density at radius 2 is 1.54 bits per heavy atom. The summed E-state index contributed by atoms with van der Waals surface area (Å²) >= 11 is 1.71. The smallest absolute Gasteiger partial charge is 0.244 e. The maximum Gasteiger partial charge on any atom is 0.244 e. The second kappa shape index (κ2) is 6.11. The van der Waals surface area contributed by atoms with E-state index in [0.29, 0.717) is 0 Å². The first-order valence-corrected chi connectivity index (χ1v) is 10.3. The van der Waals surface area contributed by atoms with Crippen LogP contribution in [0.15, 0.2) is 96.4 Å². The maximum atomic E-state index is 13.7. The average Bonchev–Trinajstić information content (AvgIpc) is 3.43. The zero-order valence-electron chi connectivity index (χ0n) is 15.8. The molecule has 1 aliphatic carbocycles. The summed E-state index contributed by atoms with van der Waals surface area (Å²) in [5.41, 5.74) is 3.87. The number of fused-ring (bicyclic) bond motifs is 1. The van der Waals surface area contributed by atoms with Crippen LogP contribution in [0.25, 0.3) is 5.57 Å². The Morgan fingerprint density at radius 1 is 0.929 bits per heavy atom. The van der Waals surface area contributed by atoms with Crippen LogP contribution >= 0.6 is 11.8 Å². The summed E-state index contributed by atoms with van der Waals surface area (Å²) in [5, 5.41) is 0. The Balaban J connectivity index is 1.69. The summed E-state index contributed by atoms with van der Waals surface area (Å²) in [6.07, 6.45) is 0.764. The van der Waals surface area contributed by atoms with E-state index in [1.165, 1.54) is 0 Å². The first kappa shape index (κ1) is 17.3. The molecule has 0 saturated heterocycles. The molecule has 2 unspecified atom stereocenters. The molecular formula is C25H21NOS. The van der Waals surface area contributed by atoms with Gasteiger partial charge in [0.15, 0.2) is 0 Å². The van der Waals surface area contributed by atoms with Gasteiger partial charge in [-0.15, -0.1) is 11.8 Å². The summed E-state index contributed by atoms with van der Waals surface area (Å²) in [5.74, 6) is 0.164. The Hall–Kier alpha value is -2.78. The minimum Gasteiger partial charge on any atom is -0.313 e. The van der Waals surface area contributed by atoms with Crippen molar-refractivity contribution in [2.75, 3.05) is 11.9 Å². The number of amides is 1. The van der Waals surface area contributed by atoms with Gasteiger partial charge in [0.05, 0.1) is 5.69 Å². The van der Waals surface area contributed by atoms with Crippen molar-refractivity contribution in [1.82, 2.24) is 0 Å². The van der Waals surface area contributed by atoms with Crippen molar-refractivity contribution < 1.29 is 4.79 Å². The van der Waals surface area contributed by atoms with Crippen LogP contribution < -0.4 is 4.90 Å². The first-order chi connectivity index (χ1) is 13.6. The van der Waals surface area contributed by atoms with Gasteiger partial charge in [-0.2, -0.15) is 0 Å². The molecule has 138 valence electrons. The van der Waals surface area contributed by atoms with Crippen LogP contribution in [-0.4, -0.2) is 17.7 Å². The molecule has 1 amide bonds. The zero-order chi connectivity index (χ0) is 19.4. The third-order valence-electron chi connectivity index (χ3n) is 6.14. The highest BCUT2D eigenvalue weighted by Crippen LogP contribution is 2.74. The van der Waals surface area contributed by atoms with Crippen molar-refractivity contribution in [2.45, 2.75) is 21.5 Å². The number of thioether (sulfide) groups is 1. The first-order valence-electron chi connectivity index (χ1n) is 9.47. The number of carbonyl (C=O) groups excluding carboxylic acids is 1. The van der Waals surface area contributed by atoms with E-state index >= 15 is 0 Å². The molecule has 1 fully saturated rings. The van der Waals surface area contributed by atoms with Crippen molar-refractivity contribution in [3.63, 3.8) is 0 Å². The van der Waals surface area contributed by atoms with Crippen LogP contribution in [0.2, 0.25) is 0 Å². The number of carbonyl (C=O) groups is 1. The van der Waals surface area contributed by atoms with Gasteiger partial charge in [0, 0.05) is 17.4 Å². The number of nitrogens with zero attached hydrogens (tertiary/aromatic N) is 1. The van der Waals surface area contributed by atoms with Gasteiger partial charge in [0.2, 0.25) is 5.91 Å². The van der Waals surface area contributed by atoms with Crippen molar-refractivity contribution in [1.29, 1.82) is 0 Å². The second-order valence-electron chi connectivity index (χ2n) is 7.55. The number of hydrogen-bond donors (Lipinski definition) is 0. The summed E-state index contributed by atoms with van der Waals surface area (Å²) in [7, 11) is 1.89. The molecule has 5 rings (SSSR count). The minimum absolute atomic E-state index is 0.164. The molecule has 2 atom stereocenters. The highest BCUT2D eigenvalue weighted by Gasteiger charge is 2.76. The van der Waals surface area contributed by atoms with Crippen molar-refractivity contribution in [2.24, 2.45) is 0 Å². The fraction of sp³-hybridized carbons (Fsp3) is 0.160. The zero-order valence-corrected chi connectivity index (χ0v) is 16.6. The van der Waals surface area contributed by atoms with Crippen LogP contribution in [0.5, 0.6) is 0 Å². The predicted octanol–water partition coefficient (Wildman–Crippen LogP) is 5.55. The van der Waals surface area contributed by atoms with Crippen LogP contribution in [0.3, 0.4) is 0 Å². The number of benzene rings is 3. The molecular weight excluding hydrogens is 362 g/mol. The molecule has 28 heavy (non-hydrogen) atoms. The van der Waals surface area contributed by atoms with Gasteiger partial charge in [-0.05, 0) is 35.3 Å². The molecule has 1 saturated carbocycles. The van der Waals surface area contributed by atoms with E-state index in [1.54, 1.807) is 11.8 Å². The lowest BCUT2D eigenvalue weighted by Crippen LogP contribution is -2.44.